The molecule has 9 heteroatoms. The molecular formula is C23H26N4O5. The predicted octanol–water partition coefficient (Wildman–Crippen LogP) is 2.24. The summed E-state index contributed by atoms with van der Waals surface area (Å²) in [5.41, 5.74) is 0.932. The first-order valence-corrected chi connectivity index (χ1v) is 10.4. The smallest absolute Gasteiger partial charge is 0.313 e. The Bertz CT molecular complexity index is 992. The summed E-state index contributed by atoms with van der Waals surface area (Å²) in [6, 6.07) is 10.1. The van der Waals surface area contributed by atoms with Gasteiger partial charge >= 0.3 is 11.8 Å². The highest BCUT2D eigenvalue weighted by molar-refractivity contribution is 6.39. The van der Waals surface area contributed by atoms with E-state index in [2.05, 4.69) is 16.0 Å². The minimum Gasteiger partial charge on any atom is -0.465 e. The molecule has 0 saturated carbocycles. The van der Waals surface area contributed by atoms with Gasteiger partial charge in [-0.05, 0) is 55.2 Å². The molecule has 4 amide bonds. The first kappa shape index (κ1) is 22.8. The maximum Gasteiger partial charge on any atom is 0.313 e. The van der Waals surface area contributed by atoms with E-state index in [1.54, 1.807) is 53.6 Å². The minimum atomic E-state index is -0.777. The standard InChI is InChI=1S/C23H26N4O5/c1-16(28)25-18-4-2-5-19(14-18)26-23(31)22(30)24-15-17-9-11-27(12-10-17)21(29)8-7-20-6-3-13-32-20/h2-8,13-14,17H,9-12,15H2,1H3,(H,24,30)(H,25,28)(H,26,31)/b8-7+. The number of hydrogen-bond acceptors (Lipinski definition) is 5. The van der Waals surface area contributed by atoms with Gasteiger partial charge in [-0.3, -0.25) is 19.2 Å². The van der Waals surface area contributed by atoms with Crippen LogP contribution in [-0.4, -0.2) is 48.2 Å². The van der Waals surface area contributed by atoms with E-state index in [9.17, 15) is 19.2 Å². The van der Waals surface area contributed by atoms with Gasteiger partial charge in [0.15, 0.2) is 0 Å². The van der Waals surface area contributed by atoms with Gasteiger partial charge < -0.3 is 25.3 Å². The zero-order chi connectivity index (χ0) is 22.9. The van der Waals surface area contributed by atoms with E-state index in [0.717, 1.165) is 12.8 Å². The largest absolute Gasteiger partial charge is 0.465 e. The Kier molecular flexibility index (Phi) is 7.80. The Labute approximate surface area is 185 Å². The molecule has 0 unspecified atom stereocenters. The second-order valence-corrected chi connectivity index (χ2v) is 7.54. The molecule has 0 spiro atoms. The van der Waals surface area contributed by atoms with Crippen LogP contribution in [0.5, 0.6) is 0 Å². The Morgan fingerprint density at radius 3 is 2.41 bits per heavy atom. The van der Waals surface area contributed by atoms with Crippen molar-refractivity contribution in [2.45, 2.75) is 19.8 Å². The molecule has 0 atom stereocenters. The van der Waals surface area contributed by atoms with E-state index in [-0.39, 0.29) is 17.7 Å². The number of amides is 4. The normalized spacial score (nSPS) is 14.2. The molecule has 0 radical (unpaired) electrons. The number of benzene rings is 1. The van der Waals surface area contributed by atoms with E-state index >= 15 is 0 Å². The summed E-state index contributed by atoms with van der Waals surface area (Å²) >= 11 is 0. The van der Waals surface area contributed by atoms with E-state index in [4.69, 9.17) is 4.42 Å². The number of piperidine rings is 1. The second-order valence-electron chi connectivity index (χ2n) is 7.54. The predicted molar refractivity (Wildman–Crippen MR) is 119 cm³/mol. The van der Waals surface area contributed by atoms with Gasteiger partial charge in [-0.2, -0.15) is 0 Å². The SMILES string of the molecule is CC(=O)Nc1cccc(NC(=O)C(=O)NCC2CCN(C(=O)/C=C/c3ccco3)CC2)c1. The molecular weight excluding hydrogens is 412 g/mol. The van der Waals surface area contributed by atoms with Crippen LogP contribution in [0.1, 0.15) is 25.5 Å². The van der Waals surface area contributed by atoms with Crippen LogP contribution in [0.4, 0.5) is 11.4 Å². The zero-order valence-electron chi connectivity index (χ0n) is 17.8. The number of nitrogens with zero attached hydrogens (tertiary/aromatic N) is 1. The monoisotopic (exact) mass is 438 g/mol. The minimum absolute atomic E-state index is 0.0789. The molecule has 1 fully saturated rings. The highest BCUT2D eigenvalue weighted by atomic mass is 16.3. The fraction of sp³-hybridized carbons (Fsp3) is 0.304. The summed E-state index contributed by atoms with van der Waals surface area (Å²) < 4.78 is 5.17. The third kappa shape index (κ3) is 6.83. The highest BCUT2D eigenvalue weighted by Gasteiger charge is 2.23. The molecule has 1 aliphatic heterocycles. The molecule has 1 saturated heterocycles. The maximum absolute atomic E-state index is 12.3. The Balaban J connectivity index is 1.39. The fourth-order valence-electron chi connectivity index (χ4n) is 3.39. The van der Waals surface area contributed by atoms with Gasteiger partial charge in [0, 0.05) is 44.0 Å². The number of nitrogens with one attached hydrogen (secondary N) is 3. The first-order chi connectivity index (χ1) is 15.4. The summed E-state index contributed by atoms with van der Waals surface area (Å²) in [5.74, 6) is -1.00. The Hall–Kier alpha value is -3.88. The van der Waals surface area contributed by atoms with Crippen LogP contribution in [-0.2, 0) is 19.2 Å². The van der Waals surface area contributed by atoms with Gasteiger partial charge in [-0.15, -0.1) is 0 Å². The number of furan rings is 1. The quantitative estimate of drug-likeness (QED) is 0.472. The molecule has 1 aromatic heterocycles. The number of rotatable bonds is 6. The summed E-state index contributed by atoms with van der Waals surface area (Å²) in [5, 5.41) is 7.79. The number of carbonyl (C=O) groups is 4. The third-order valence-corrected chi connectivity index (χ3v) is 5.06. The molecule has 3 N–H and O–H groups in total. The van der Waals surface area contributed by atoms with Crippen LogP contribution in [0.3, 0.4) is 0 Å². The molecule has 1 aromatic carbocycles. The van der Waals surface area contributed by atoms with Crippen molar-refractivity contribution in [2.24, 2.45) is 5.92 Å². The lowest BCUT2D eigenvalue weighted by molar-refractivity contribution is -0.136. The van der Waals surface area contributed by atoms with Crippen LogP contribution >= 0.6 is 0 Å². The molecule has 0 bridgehead atoms. The van der Waals surface area contributed by atoms with Crippen molar-refractivity contribution in [1.29, 1.82) is 0 Å². The lowest BCUT2D eigenvalue weighted by atomic mass is 9.96. The second kappa shape index (κ2) is 10.9. The summed E-state index contributed by atoms with van der Waals surface area (Å²) in [7, 11) is 0. The lowest BCUT2D eigenvalue weighted by Gasteiger charge is -2.31. The topological polar surface area (TPSA) is 121 Å². The van der Waals surface area contributed by atoms with Crippen molar-refractivity contribution in [3.63, 3.8) is 0 Å². The van der Waals surface area contributed by atoms with Crippen molar-refractivity contribution in [3.8, 4) is 0 Å². The molecule has 2 aromatic rings. The maximum atomic E-state index is 12.3. The average molecular weight is 438 g/mol. The van der Waals surface area contributed by atoms with E-state index in [1.165, 1.54) is 13.0 Å². The number of carbonyl (C=O) groups excluding carboxylic acids is 4. The number of likely N-dealkylation sites (tertiary alicyclic amines) is 1. The number of anilines is 2. The van der Waals surface area contributed by atoms with Gasteiger partial charge in [0.25, 0.3) is 0 Å². The van der Waals surface area contributed by atoms with Crippen LogP contribution in [0.15, 0.2) is 53.2 Å². The van der Waals surface area contributed by atoms with E-state index in [0.29, 0.717) is 36.8 Å². The van der Waals surface area contributed by atoms with Gasteiger partial charge in [-0.25, -0.2) is 0 Å². The zero-order valence-corrected chi connectivity index (χ0v) is 17.8. The Morgan fingerprint density at radius 2 is 1.75 bits per heavy atom. The Morgan fingerprint density at radius 1 is 1.03 bits per heavy atom. The van der Waals surface area contributed by atoms with E-state index < -0.39 is 11.8 Å². The van der Waals surface area contributed by atoms with Gasteiger partial charge in [0.1, 0.15) is 5.76 Å². The van der Waals surface area contributed by atoms with Crippen LogP contribution in [0.25, 0.3) is 6.08 Å². The van der Waals surface area contributed by atoms with Gasteiger partial charge in [0.2, 0.25) is 11.8 Å². The fourth-order valence-corrected chi connectivity index (χ4v) is 3.39. The summed E-state index contributed by atoms with van der Waals surface area (Å²) in [4.78, 5) is 49.5. The highest BCUT2D eigenvalue weighted by Crippen LogP contribution is 2.18. The van der Waals surface area contributed by atoms with Crippen molar-refractivity contribution in [2.75, 3.05) is 30.3 Å². The molecule has 9 nitrogen and oxygen atoms in total. The molecule has 32 heavy (non-hydrogen) atoms. The lowest BCUT2D eigenvalue weighted by Crippen LogP contribution is -2.43. The van der Waals surface area contributed by atoms with Crippen LogP contribution < -0.4 is 16.0 Å². The van der Waals surface area contributed by atoms with Gasteiger partial charge in [0.05, 0.1) is 6.26 Å². The summed E-state index contributed by atoms with van der Waals surface area (Å²) in [6.45, 7) is 2.92. The summed E-state index contributed by atoms with van der Waals surface area (Å²) in [6.07, 6.45) is 6.15. The number of hydrogen-bond donors (Lipinski definition) is 3. The molecule has 2 heterocycles. The molecule has 168 valence electrons. The van der Waals surface area contributed by atoms with Crippen molar-refractivity contribution in [1.82, 2.24) is 10.2 Å². The van der Waals surface area contributed by atoms with Crippen molar-refractivity contribution >= 4 is 41.1 Å². The molecule has 0 aliphatic carbocycles. The van der Waals surface area contributed by atoms with Crippen molar-refractivity contribution < 1.29 is 23.6 Å². The first-order valence-electron chi connectivity index (χ1n) is 10.4. The molecule has 3 rings (SSSR count). The average Bonchev–Trinajstić information content (AvgIpc) is 3.29. The van der Waals surface area contributed by atoms with Crippen LogP contribution in [0.2, 0.25) is 0 Å². The van der Waals surface area contributed by atoms with Crippen LogP contribution in [0, 0.1) is 5.92 Å². The van der Waals surface area contributed by atoms with Crippen molar-refractivity contribution in [3.05, 3.63) is 54.5 Å². The van der Waals surface area contributed by atoms with E-state index in [1.807, 2.05) is 0 Å². The van der Waals surface area contributed by atoms with Gasteiger partial charge in [-0.1, -0.05) is 6.07 Å². The molecule has 1 aliphatic rings. The third-order valence-electron chi connectivity index (χ3n) is 5.06.